The van der Waals surface area contributed by atoms with Gasteiger partial charge in [0.2, 0.25) is 0 Å². The molecule has 0 aliphatic heterocycles. The zero-order valence-electron chi connectivity index (χ0n) is 20.3. The van der Waals surface area contributed by atoms with Crippen LogP contribution in [0.4, 0.5) is 10.1 Å². The zero-order chi connectivity index (χ0) is 25.3. The van der Waals surface area contributed by atoms with Gasteiger partial charge in [0.05, 0.1) is 16.9 Å². The first kappa shape index (κ1) is 26.5. The molecule has 2 aromatic rings. The van der Waals surface area contributed by atoms with Crippen LogP contribution in [0.2, 0.25) is 0 Å². The minimum atomic E-state index is -0.590. The molecule has 0 amide bonds. The number of anilines is 1. The van der Waals surface area contributed by atoms with Gasteiger partial charge in [-0.25, -0.2) is 4.39 Å². The second kappa shape index (κ2) is 12.5. The smallest absolute Gasteiger partial charge is 0.184 e. The Morgan fingerprint density at radius 3 is 2.59 bits per heavy atom. The van der Waals surface area contributed by atoms with Crippen LogP contribution < -0.4 is 10.6 Å². The first-order valence-corrected chi connectivity index (χ1v) is 11.3. The van der Waals surface area contributed by atoms with Gasteiger partial charge >= 0.3 is 0 Å². The Morgan fingerprint density at radius 1 is 1.24 bits per heavy atom. The van der Waals surface area contributed by atoms with E-state index in [1.807, 2.05) is 19.9 Å². The van der Waals surface area contributed by atoms with Crippen LogP contribution in [0.3, 0.4) is 0 Å². The number of rotatable bonds is 12. The molecule has 0 saturated heterocycles. The molecule has 7 heteroatoms. The maximum absolute atomic E-state index is 14.4. The van der Waals surface area contributed by atoms with Crippen molar-refractivity contribution in [3.05, 3.63) is 99.9 Å². The van der Waals surface area contributed by atoms with E-state index in [-0.39, 0.29) is 22.7 Å². The van der Waals surface area contributed by atoms with Gasteiger partial charge in [0.25, 0.3) is 0 Å². The highest BCUT2D eigenvalue weighted by Crippen LogP contribution is 2.33. The highest BCUT2D eigenvalue weighted by atomic mass is 19.1. The summed E-state index contributed by atoms with van der Waals surface area (Å²) in [6, 6.07) is 5.94. The number of phenolic OH excluding ortho intramolecular Hbond substituents is 1. The van der Waals surface area contributed by atoms with Crippen LogP contribution in [0.1, 0.15) is 50.4 Å². The normalized spacial score (nSPS) is 12.1. The summed E-state index contributed by atoms with van der Waals surface area (Å²) in [6.45, 7) is 16.4. The summed E-state index contributed by atoms with van der Waals surface area (Å²) in [5, 5.41) is 19.8. The molecule has 0 fully saturated rings. The Morgan fingerprint density at radius 2 is 1.97 bits per heavy atom. The van der Waals surface area contributed by atoms with Gasteiger partial charge in [0, 0.05) is 24.0 Å². The van der Waals surface area contributed by atoms with Gasteiger partial charge < -0.3 is 15.7 Å². The van der Waals surface area contributed by atoms with Crippen molar-refractivity contribution < 1.29 is 9.50 Å². The van der Waals surface area contributed by atoms with Crippen molar-refractivity contribution >= 4 is 11.3 Å². The van der Waals surface area contributed by atoms with Crippen LogP contribution in [0.15, 0.2) is 77.5 Å². The van der Waals surface area contributed by atoms with E-state index in [1.165, 1.54) is 18.2 Å². The van der Waals surface area contributed by atoms with Crippen molar-refractivity contribution in [1.82, 2.24) is 10.3 Å². The van der Waals surface area contributed by atoms with Crippen molar-refractivity contribution in [1.29, 1.82) is 0 Å². The highest BCUT2D eigenvalue weighted by molar-refractivity contribution is 5.81. The third-order valence-electron chi connectivity index (χ3n) is 5.36. The van der Waals surface area contributed by atoms with Crippen LogP contribution in [-0.2, 0) is 6.42 Å². The molecule has 0 aliphatic carbocycles. The molecule has 0 bridgehead atoms. The van der Waals surface area contributed by atoms with Crippen LogP contribution >= 0.6 is 0 Å². The largest absolute Gasteiger partial charge is 0.507 e. The quantitative estimate of drug-likeness (QED) is 0.239. The fraction of sp³-hybridized carbons (Fsp3) is 0.296. The van der Waals surface area contributed by atoms with E-state index in [1.54, 1.807) is 19.2 Å². The number of phenols is 1. The first-order valence-electron chi connectivity index (χ1n) is 11.3. The third kappa shape index (κ3) is 6.41. The minimum absolute atomic E-state index is 0.00429. The fourth-order valence-electron chi connectivity index (χ4n) is 3.45. The van der Waals surface area contributed by atoms with E-state index in [0.717, 1.165) is 36.2 Å². The third-order valence-corrected chi connectivity index (χ3v) is 5.36. The van der Waals surface area contributed by atoms with Gasteiger partial charge in [-0.15, -0.1) is 4.91 Å². The topological polar surface area (TPSA) is 86.6 Å². The lowest BCUT2D eigenvalue weighted by Crippen LogP contribution is -2.17. The van der Waals surface area contributed by atoms with Gasteiger partial charge in [0.15, 0.2) is 5.82 Å². The Balaban J connectivity index is 2.61. The summed E-state index contributed by atoms with van der Waals surface area (Å²) in [4.78, 5) is 16.5. The molecule has 1 aromatic carbocycles. The number of nitrogens with zero attached hydrogens (tertiary/aromatic N) is 2. The Hall–Kier alpha value is -3.74. The summed E-state index contributed by atoms with van der Waals surface area (Å²) in [5.41, 5.74) is 4.18. The number of benzene rings is 1. The van der Waals surface area contributed by atoms with E-state index < -0.39 is 5.82 Å². The molecule has 3 N–H and O–H groups in total. The van der Waals surface area contributed by atoms with Crippen molar-refractivity contribution in [3.63, 3.8) is 0 Å². The summed E-state index contributed by atoms with van der Waals surface area (Å²) in [5.74, 6) is -0.756. The Bertz CT molecular complexity index is 1120. The van der Waals surface area contributed by atoms with E-state index in [2.05, 4.69) is 40.9 Å². The van der Waals surface area contributed by atoms with Crippen LogP contribution in [0.25, 0.3) is 5.57 Å². The number of halogens is 1. The Kier molecular flexibility index (Phi) is 9.74. The van der Waals surface area contributed by atoms with Gasteiger partial charge in [0.1, 0.15) is 11.6 Å². The lowest BCUT2D eigenvalue weighted by atomic mass is 9.96. The number of allylic oxidation sites excluding steroid dienone is 3. The van der Waals surface area contributed by atoms with Crippen molar-refractivity contribution in [2.45, 2.75) is 47.0 Å². The van der Waals surface area contributed by atoms with Crippen molar-refractivity contribution in [2.75, 3.05) is 11.9 Å². The second-order valence-corrected chi connectivity index (χ2v) is 8.02. The average Bonchev–Trinajstić information content (AvgIpc) is 2.81. The van der Waals surface area contributed by atoms with E-state index in [4.69, 9.17) is 0 Å². The molecule has 6 nitrogen and oxygen atoms in total. The molecule has 0 aliphatic rings. The maximum Gasteiger partial charge on any atom is 0.184 e. The second-order valence-electron chi connectivity index (χ2n) is 8.02. The molecule has 0 saturated carbocycles. The molecule has 34 heavy (non-hydrogen) atoms. The maximum atomic E-state index is 14.4. The molecule has 1 heterocycles. The summed E-state index contributed by atoms with van der Waals surface area (Å²) >= 11 is 0. The SMILES string of the molecule is C=C(NCCC)C(/C=C(/C)C(=C)c1c(O)cccc1F)=C(/N=O)Nc1c(C)ccnc1CCC. The molecular weight excluding hydrogens is 431 g/mol. The molecule has 0 unspecified atom stereocenters. The lowest BCUT2D eigenvalue weighted by Gasteiger charge is -2.18. The van der Waals surface area contributed by atoms with Gasteiger partial charge in [-0.2, -0.15) is 0 Å². The summed E-state index contributed by atoms with van der Waals surface area (Å²) in [7, 11) is 0. The molecule has 0 spiro atoms. The van der Waals surface area contributed by atoms with Crippen molar-refractivity contribution in [3.8, 4) is 5.75 Å². The number of pyridine rings is 1. The number of aromatic nitrogens is 1. The van der Waals surface area contributed by atoms with Crippen LogP contribution in [0.5, 0.6) is 5.75 Å². The predicted octanol–water partition coefficient (Wildman–Crippen LogP) is 6.75. The molecule has 2 rings (SSSR count). The minimum Gasteiger partial charge on any atom is -0.507 e. The predicted molar refractivity (Wildman–Crippen MR) is 138 cm³/mol. The fourth-order valence-corrected chi connectivity index (χ4v) is 3.45. The number of hydrogen-bond acceptors (Lipinski definition) is 6. The van der Waals surface area contributed by atoms with E-state index in [0.29, 0.717) is 23.4 Å². The van der Waals surface area contributed by atoms with Crippen LogP contribution in [-0.4, -0.2) is 16.6 Å². The van der Waals surface area contributed by atoms with Gasteiger partial charge in [-0.05, 0) is 72.9 Å². The number of aryl methyl sites for hydroxylation is 2. The Labute approximate surface area is 201 Å². The highest BCUT2D eigenvalue weighted by Gasteiger charge is 2.17. The summed E-state index contributed by atoms with van der Waals surface area (Å²) in [6.07, 6.45) is 5.87. The standard InChI is InChI=1S/C27H33FN4O2/c1-7-10-23-26(17(3)13-15-30-23)31-27(32-34)21(20(6)29-14-8-2)16-18(4)19(5)25-22(28)11-9-12-24(25)33/h9,11-13,15-16,29,31,33H,5-8,10,14H2,1-4H3/b18-16-,27-21+. The monoisotopic (exact) mass is 464 g/mol. The molecule has 0 radical (unpaired) electrons. The van der Waals surface area contributed by atoms with Crippen molar-refractivity contribution in [2.24, 2.45) is 5.18 Å². The number of aromatic hydroxyl groups is 1. The molecule has 1 aromatic heterocycles. The molecule has 0 atom stereocenters. The molecular formula is C27H33FN4O2. The number of nitrogens with one attached hydrogen (secondary N) is 2. The average molecular weight is 465 g/mol. The van der Waals surface area contributed by atoms with E-state index >= 15 is 0 Å². The first-order chi connectivity index (χ1) is 16.2. The van der Waals surface area contributed by atoms with Crippen LogP contribution in [0, 0.1) is 17.6 Å². The van der Waals surface area contributed by atoms with Gasteiger partial charge in [-0.3, -0.25) is 4.98 Å². The zero-order valence-corrected chi connectivity index (χ0v) is 20.3. The van der Waals surface area contributed by atoms with E-state index in [9.17, 15) is 14.4 Å². The lowest BCUT2D eigenvalue weighted by molar-refractivity contribution is 0.466. The number of hydrogen-bond donors (Lipinski definition) is 3. The molecule has 180 valence electrons. The van der Waals surface area contributed by atoms with Gasteiger partial charge in [-0.1, -0.05) is 39.5 Å². The number of nitroso groups, excluding NO2 is 1. The summed E-state index contributed by atoms with van der Waals surface area (Å²) < 4.78 is 14.4.